The minimum Gasteiger partial charge on any atom is -0.461 e. The van der Waals surface area contributed by atoms with Gasteiger partial charge in [0.25, 0.3) is 0 Å². The zero-order valence-corrected chi connectivity index (χ0v) is 12.5. The number of ether oxygens (including phenoxy) is 1. The van der Waals surface area contributed by atoms with Gasteiger partial charge in [0, 0.05) is 0 Å². The Balaban J connectivity index is 2.54. The van der Waals surface area contributed by atoms with Gasteiger partial charge in [-0.15, -0.1) is 0 Å². The maximum Gasteiger partial charge on any atom is 0.323 e. The van der Waals surface area contributed by atoms with Gasteiger partial charge in [0.15, 0.2) is 0 Å². The zero-order chi connectivity index (χ0) is 13.9. The second kappa shape index (κ2) is 6.05. The normalized spacial score (nSPS) is 30.6. The molecule has 0 heterocycles. The van der Waals surface area contributed by atoms with E-state index in [4.69, 9.17) is 10.5 Å². The molecule has 3 heteroatoms. The third-order valence-corrected chi connectivity index (χ3v) is 4.16. The van der Waals surface area contributed by atoms with Crippen molar-refractivity contribution in [3.63, 3.8) is 0 Å². The van der Waals surface area contributed by atoms with Crippen LogP contribution in [0.15, 0.2) is 0 Å². The summed E-state index contributed by atoms with van der Waals surface area (Å²) >= 11 is 0. The Bertz CT molecular complexity index is 288. The third-order valence-electron chi connectivity index (χ3n) is 4.16. The molecule has 0 aliphatic heterocycles. The Morgan fingerprint density at radius 3 is 2.56 bits per heavy atom. The van der Waals surface area contributed by atoms with Gasteiger partial charge in [-0.25, -0.2) is 0 Å². The average molecular weight is 255 g/mol. The Labute approximate surface area is 111 Å². The van der Waals surface area contributed by atoms with Crippen LogP contribution in [0, 0.1) is 17.3 Å². The molecular weight excluding hydrogens is 226 g/mol. The summed E-state index contributed by atoms with van der Waals surface area (Å²) in [7, 11) is 0. The number of hydrogen-bond donors (Lipinski definition) is 1. The van der Waals surface area contributed by atoms with E-state index in [0.717, 1.165) is 19.3 Å². The molecular formula is C15H29NO2. The van der Waals surface area contributed by atoms with E-state index in [1.165, 1.54) is 6.42 Å². The van der Waals surface area contributed by atoms with Crippen LogP contribution in [-0.4, -0.2) is 18.1 Å². The van der Waals surface area contributed by atoms with Gasteiger partial charge < -0.3 is 10.5 Å². The molecule has 0 radical (unpaired) electrons. The lowest BCUT2D eigenvalue weighted by Gasteiger charge is -2.38. The molecule has 1 saturated carbocycles. The first kappa shape index (κ1) is 15.5. The van der Waals surface area contributed by atoms with Crippen LogP contribution in [0.2, 0.25) is 0 Å². The molecule has 0 aromatic carbocycles. The molecule has 2 N–H and O–H groups in total. The summed E-state index contributed by atoms with van der Waals surface area (Å²) in [6, 6.07) is -0.477. The molecule has 0 saturated heterocycles. The van der Waals surface area contributed by atoms with Crippen LogP contribution in [-0.2, 0) is 9.53 Å². The van der Waals surface area contributed by atoms with Gasteiger partial charge in [-0.1, -0.05) is 41.0 Å². The first-order valence-electron chi connectivity index (χ1n) is 7.21. The molecule has 2 unspecified atom stereocenters. The molecule has 0 aromatic rings. The Morgan fingerprint density at radius 2 is 2.06 bits per heavy atom. The van der Waals surface area contributed by atoms with Crippen LogP contribution >= 0.6 is 0 Å². The smallest absolute Gasteiger partial charge is 0.323 e. The summed E-state index contributed by atoms with van der Waals surface area (Å²) < 4.78 is 5.62. The number of esters is 1. The van der Waals surface area contributed by atoms with Crippen molar-refractivity contribution in [1.29, 1.82) is 0 Å². The SMILES string of the molecule is CC[C@H](C)[C@H](N)C(=O)OC1CC(C)CC(C)(C)C1. The second-order valence-corrected chi connectivity index (χ2v) is 6.88. The quantitative estimate of drug-likeness (QED) is 0.785. The van der Waals surface area contributed by atoms with E-state index in [-0.39, 0.29) is 23.4 Å². The largest absolute Gasteiger partial charge is 0.461 e. The van der Waals surface area contributed by atoms with E-state index in [1.54, 1.807) is 0 Å². The molecule has 4 atom stereocenters. The number of carbonyl (C=O) groups is 1. The molecule has 1 rings (SSSR count). The summed E-state index contributed by atoms with van der Waals surface area (Å²) in [6.45, 7) is 10.8. The Kier molecular flexibility index (Phi) is 5.20. The molecule has 1 fully saturated rings. The van der Waals surface area contributed by atoms with E-state index in [1.807, 2.05) is 13.8 Å². The highest BCUT2D eigenvalue weighted by molar-refractivity contribution is 5.76. The fraction of sp³-hybridized carbons (Fsp3) is 0.933. The lowest BCUT2D eigenvalue weighted by atomic mass is 9.71. The molecule has 1 aliphatic rings. The van der Waals surface area contributed by atoms with Crippen LogP contribution in [0.4, 0.5) is 0 Å². The van der Waals surface area contributed by atoms with E-state index in [0.29, 0.717) is 5.92 Å². The van der Waals surface area contributed by atoms with Crippen molar-refractivity contribution in [3.05, 3.63) is 0 Å². The highest BCUT2D eigenvalue weighted by Gasteiger charge is 2.35. The predicted molar refractivity (Wildman–Crippen MR) is 74.1 cm³/mol. The summed E-state index contributed by atoms with van der Waals surface area (Å²) in [6.07, 6.45) is 4.09. The summed E-state index contributed by atoms with van der Waals surface area (Å²) in [5.41, 5.74) is 6.18. The van der Waals surface area contributed by atoms with Crippen LogP contribution in [0.25, 0.3) is 0 Å². The van der Waals surface area contributed by atoms with Crippen LogP contribution in [0.1, 0.15) is 60.3 Å². The van der Waals surface area contributed by atoms with E-state index < -0.39 is 6.04 Å². The van der Waals surface area contributed by atoms with Crippen LogP contribution in [0.5, 0.6) is 0 Å². The lowest BCUT2D eigenvalue weighted by Crippen LogP contribution is -2.42. The number of nitrogens with two attached hydrogens (primary N) is 1. The zero-order valence-electron chi connectivity index (χ0n) is 12.5. The fourth-order valence-corrected chi connectivity index (χ4v) is 3.08. The summed E-state index contributed by atoms with van der Waals surface area (Å²) in [5.74, 6) is 0.581. The molecule has 0 bridgehead atoms. The molecule has 3 nitrogen and oxygen atoms in total. The topological polar surface area (TPSA) is 52.3 Å². The highest BCUT2D eigenvalue weighted by atomic mass is 16.5. The minimum absolute atomic E-state index is 0.0476. The molecule has 0 spiro atoms. The van der Waals surface area contributed by atoms with Gasteiger partial charge >= 0.3 is 5.97 Å². The number of rotatable bonds is 4. The van der Waals surface area contributed by atoms with E-state index >= 15 is 0 Å². The van der Waals surface area contributed by atoms with Crippen molar-refractivity contribution in [2.24, 2.45) is 23.0 Å². The standard InChI is InChI=1S/C15H29NO2/c1-6-11(3)13(16)14(17)18-12-7-10(2)8-15(4,5)9-12/h10-13H,6-9,16H2,1-5H3/t10?,11-,12?,13-/m0/s1. The molecule has 18 heavy (non-hydrogen) atoms. The molecule has 0 amide bonds. The van der Waals surface area contributed by atoms with E-state index in [2.05, 4.69) is 20.8 Å². The second-order valence-electron chi connectivity index (χ2n) is 6.88. The molecule has 0 aromatic heterocycles. The van der Waals surface area contributed by atoms with Crippen molar-refractivity contribution in [1.82, 2.24) is 0 Å². The van der Waals surface area contributed by atoms with Gasteiger partial charge in [-0.05, 0) is 36.5 Å². The van der Waals surface area contributed by atoms with Gasteiger partial charge in [-0.2, -0.15) is 0 Å². The lowest BCUT2D eigenvalue weighted by molar-refractivity contribution is -0.156. The highest BCUT2D eigenvalue weighted by Crippen LogP contribution is 2.39. The maximum atomic E-state index is 12.0. The van der Waals surface area contributed by atoms with Gasteiger partial charge in [-0.3, -0.25) is 4.79 Å². The Morgan fingerprint density at radius 1 is 1.44 bits per heavy atom. The summed E-state index contributed by atoms with van der Waals surface area (Å²) in [5, 5.41) is 0. The predicted octanol–water partition coefficient (Wildman–Crippen LogP) is 3.12. The monoisotopic (exact) mass is 255 g/mol. The van der Waals surface area contributed by atoms with Crippen molar-refractivity contribution < 1.29 is 9.53 Å². The Hall–Kier alpha value is -0.570. The average Bonchev–Trinajstić information content (AvgIpc) is 2.23. The number of hydrogen-bond acceptors (Lipinski definition) is 3. The molecule has 106 valence electrons. The van der Waals surface area contributed by atoms with Crippen molar-refractivity contribution in [3.8, 4) is 0 Å². The maximum absolute atomic E-state index is 12.0. The minimum atomic E-state index is -0.477. The van der Waals surface area contributed by atoms with Gasteiger partial charge in [0.1, 0.15) is 12.1 Å². The third kappa shape index (κ3) is 4.27. The van der Waals surface area contributed by atoms with Crippen molar-refractivity contribution >= 4 is 5.97 Å². The van der Waals surface area contributed by atoms with Gasteiger partial charge in [0.2, 0.25) is 0 Å². The first-order chi connectivity index (χ1) is 8.25. The summed E-state index contributed by atoms with van der Waals surface area (Å²) in [4.78, 5) is 12.0. The van der Waals surface area contributed by atoms with Crippen molar-refractivity contribution in [2.45, 2.75) is 72.4 Å². The van der Waals surface area contributed by atoms with Gasteiger partial charge in [0.05, 0.1) is 0 Å². The number of carbonyl (C=O) groups excluding carboxylic acids is 1. The molecule has 1 aliphatic carbocycles. The van der Waals surface area contributed by atoms with E-state index in [9.17, 15) is 4.79 Å². The van der Waals surface area contributed by atoms with Crippen LogP contribution in [0.3, 0.4) is 0 Å². The van der Waals surface area contributed by atoms with Crippen molar-refractivity contribution in [2.75, 3.05) is 0 Å². The van der Waals surface area contributed by atoms with Crippen LogP contribution < -0.4 is 5.73 Å². The fourth-order valence-electron chi connectivity index (χ4n) is 3.08. The first-order valence-corrected chi connectivity index (χ1v) is 7.21.